The van der Waals surface area contributed by atoms with E-state index < -0.39 is 8.56 Å². The summed E-state index contributed by atoms with van der Waals surface area (Å²) in [5.41, 5.74) is 0. The number of benzene rings is 2. The fourth-order valence-corrected chi connectivity index (χ4v) is 3.16. The summed E-state index contributed by atoms with van der Waals surface area (Å²) in [7, 11) is -3.46. The highest BCUT2D eigenvalue weighted by atomic mass is 28.4. The Kier molecular flexibility index (Phi) is 5.81. The van der Waals surface area contributed by atoms with E-state index in [4.69, 9.17) is 0 Å². The van der Waals surface area contributed by atoms with E-state index >= 15 is 0 Å². The van der Waals surface area contributed by atoms with Gasteiger partial charge in [0.1, 0.15) is 0 Å². The van der Waals surface area contributed by atoms with E-state index in [1.54, 1.807) is 24.3 Å². The first-order chi connectivity index (χ1) is 7.21. The Bertz CT molecular complexity index is 385. The van der Waals surface area contributed by atoms with Crippen molar-refractivity contribution in [3.05, 3.63) is 60.7 Å². The molecule has 2 aromatic carbocycles. The fraction of sp³-hybridized carbons (Fsp3) is 0.143. The van der Waals surface area contributed by atoms with Gasteiger partial charge in [0.05, 0.1) is 0 Å². The standard InChI is InChI=1S/C12H12O2Si.2CH4/c13-15(14,11-7-3-1-4-8-11)12-9-5-2-6-10-12;;/h1-10,13-14H;2*1H4. The second-order valence-electron chi connectivity index (χ2n) is 3.40. The molecule has 0 bridgehead atoms. The van der Waals surface area contributed by atoms with Crippen LogP contribution in [0.25, 0.3) is 0 Å². The van der Waals surface area contributed by atoms with Gasteiger partial charge in [0.15, 0.2) is 0 Å². The van der Waals surface area contributed by atoms with Gasteiger partial charge in [-0.3, -0.25) is 0 Å². The van der Waals surface area contributed by atoms with E-state index in [0.29, 0.717) is 10.4 Å². The minimum absolute atomic E-state index is 0. The van der Waals surface area contributed by atoms with Gasteiger partial charge in [0, 0.05) is 0 Å². The quantitative estimate of drug-likeness (QED) is 0.791. The molecule has 0 aliphatic rings. The average molecular weight is 248 g/mol. The van der Waals surface area contributed by atoms with Crippen LogP contribution in [0.1, 0.15) is 14.9 Å². The molecule has 0 unspecified atom stereocenters. The zero-order chi connectivity index (χ0) is 10.7. The van der Waals surface area contributed by atoms with Gasteiger partial charge in [-0.15, -0.1) is 0 Å². The third-order valence-electron chi connectivity index (χ3n) is 2.35. The predicted octanol–water partition coefficient (Wildman–Crippen LogP) is 1.50. The Morgan fingerprint density at radius 1 is 0.588 bits per heavy atom. The Labute approximate surface area is 104 Å². The highest BCUT2D eigenvalue weighted by Gasteiger charge is 2.33. The van der Waals surface area contributed by atoms with Crippen molar-refractivity contribution in [3.63, 3.8) is 0 Å². The fourth-order valence-electron chi connectivity index (χ4n) is 1.51. The molecule has 0 saturated carbocycles. The van der Waals surface area contributed by atoms with Gasteiger partial charge < -0.3 is 9.59 Å². The maximum absolute atomic E-state index is 10.2. The highest BCUT2D eigenvalue weighted by Crippen LogP contribution is 1.97. The molecule has 0 amide bonds. The SMILES string of the molecule is C.C.O[Si](O)(c1ccccc1)c1ccccc1. The maximum Gasteiger partial charge on any atom is 0.401 e. The lowest BCUT2D eigenvalue weighted by Gasteiger charge is -2.18. The zero-order valence-corrected chi connectivity index (χ0v) is 9.17. The number of rotatable bonds is 2. The average Bonchev–Trinajstić information content (AvgIpc) is 2.31. The Hall–Kier alpha value is -1.42. The first kappa shape index (κ1) is 15.6. The molecule has 0 saturated heterocycles. The van der Waals surface area contributed by atoms with Crippen LogP contribution in [-0.4, -0.2) is 18.2 Å². The first-order valence-corrected chi connectivity index (χ1v) is 6.66. The lowest BCUT2D eigenvalue weighted by Crippen LogP contribution is -2.59. The topological polar surface area (TPSA) is 40.5 Å². The molecule has 0 aromatic heterocycles. The van der Waals surface area contributed by atoms with Crippen LogP contribution in [-0.2, 0) is 0 Å². The van der Waals surface area contributed by atoms with Crippen LogP contribution in [0, 0.1) is 0 Å². The monoisotopic (exact) mass is 248 g/mol. The Morgan fingerprint density at radius 3 is 1.18 bits per heavy atom. The molecule has 0 atom stereocenters. The summed E-state index contributed by atoms with van der Waals surface area (Å²) >= 11 is 0. The molecule has 17 heavy (non-hydrogen) atoms. The van der Waals surface area contributed by atoms with E-state index in [0.717, 1.165) is 0 Å². The summed E-state index contributed by atoms with van der Waals surface area (Å²) in [4.78, 5) is 20.3. The number of hydrogen-bond acceptors (Lipinski definition) is 2. The lowest BCUT2D eigenvalue weighted by atomic mass is 10.4. The smallest absolute Gasteiger partial charge is 0.401 e. The van der Waals surface area contributed by atoms with Gasteiger partial charge in [-0.2, -0.15) is 0 Å². The molecule has 2 rings (SSSR count). The Morgan fingerprint density at radius 2 is 0.882 bits per heavy atom. The van der Waals surface area contributed by atoms with Crippen molar-refractivity contribution >= 4 is 18.9 Å². The number of hydrogen-bond donors (Lipinski definition) is 2. The molecular weight excluding hydrogens is 228 g/mol. The molecule has 2 aromatic rings. The summed E-state index contributed by atoms with van der Waals surface area (Å²) in [6.45, 7) is 0. The molecular formula is C14H20O2Si. The third-order valence-corrected chi connectivity index (χ3v) is 4.63. The summed E-state index contributed by atoms with van der Waals surface area (Å²) in [6, 6.07) is 18.0. The van der Waals surface area contributed by atoms with Crippen LogP contribution in [0.2, 0.25) is 0 Å². The van der Waals surface area contributed by atoms with Crippen molar-refractivity contribution in [3.8, 4) is 0 Å². The van der Waals surface area contributed by atoms with Crippen molar-refractivity contribution in [1.82, 2.24) is 0 Å². The van der Waals surface area contributed by atoms with Crippen LogP contribution >= 0.6 is 0 Å². The van der Waals surface area contributed by atoms with Gasteiger partial charge in [-0.05, 0) is 10.4 Å². The lowest BCUT2D eigenvalue weighted by molar-refractivity contribution is 0.401. The molecule has 92 valence electrons. The summed E-state index contributed by atoms with van der Waals surface area (Å²) < 4.78 is 0. The van der Waals surface area contributed by atoms with Gasteiger partial charge in [-0.1, -0.05) is 75.5 Å². The van der Waals surface area contributed by atoms with Crippen LogP contribution < -0.4 is 10.4 Å². The molecule has 0 heterocycles. The largest absolute Gasteiger partial charge is 0.404 e. The summed E-state index contributed by atoms with van der Waals surface area (Å²) in [5, 5.41) is 1.22. The van der Waals surface area contributed by atoms with Crippen molar-refractivity contribution in [2.45, 2.75) is 14.9 Å². The van der Waals surface area contributed by atoms with Gasteiger partial charge in [-0.25, -0.2) is 0 Å². The van der Waals surface area contributed by atoms with Gasteiger partial charge in [0.25, 0.3) is 0 Å². The normalized spacial score (nSPS) is 10.0. The van der Waals surface area contributed by atoms with E-state index in [1.807, 2.05) is 36.4 Å². The zero-order valence-electron chi connectivity index (χ0n) is 8.17. The molecule has 0 radical (unpaired) electrons. The second-order valence-corrected chi connectivity index (χ2v) is 5.90. The minimum atomic E-state index is -3.46. The molecule has 0 aliphatic carbocycles. The molecule has 2 N–H and O–H groups in total. The predicted molar refractivity (Wildman–Crippen MR) is 75.8 cm³/mol. The second kappa shape index (κ2) is 6.35. The highest BCUT2D eigenvalue weighted by molar-refractivity contribution is 6.90. The Balaban J connectivity index is 0.00000128. The van der Waals surface area contributed by atoms with Crippen LogP contribution in [0.4, 0.5) is 0 Å². The van der Waals surface area contributed by atoms with Gasteiger partial charge in [0.2, 0.25) is 0 Å². The van der Waals surface area contributed by atoms with E-state index in [9.17, 15) is 9.59 Å². The van der Waals surface area contributed by atoms with Crippen LogP contribution in [0.5, 0.6) is 0 Å². The van der Waals surface area contributed by atoms with E-state index in [1.165, 1.54) is 0 Å². The van der Waals surface area contributed by atoms with Gasteiger partial charge >= 0.3 is 8.56 Å². The first-order valence-electron chi connectivity index (χ1n) is 4.77. The van der Waals surface area contributed by atoms with Crippen molar-refractivity contribution in [2.75, 3.05) is 0 Å². The van der Waals surface area contributed by atoms with E-state index in [2.05, 4.69) is 0 Å². The van der Waals surface area contributed by atoms with Crippen molar-refractivity contribution in [1.29, 1.82) is 0 Å². The van der Waals surface area contributed by atoms with Crippen LogP contribution in [0.3, 0.4) is 0 Å². The minimum Gasteiger partial charge on any atom is -0.404 e. The molecule has 0 aliphatic heterocycles. The molecule has 3 heteroatoms. The maximum atomic E-state index is 10.2. The van der Waals surface area contributed by atoms with Crippen LogP contribution in [0.15, 0.2) is 60.7 Å². The van der Waals surface area contributed by atoms with Crippen molar-refractivity contribution < 1.29 is 9.59 Å². The molecule has 0 fully saturated rings. The van der Waals surface area contributed by atoms with E-state index in [-0.39, 0.29) is 14.9 Å². The molecule has 2 nitrogen and oxygen atoms in total. The van der Waals surface area contributed by atoms with Crippen molar-refractivity contribution in [2.24, 2.45) is 0 Å². The summed E-state index contributed by atoms with van der Waals surface area (Å²) in [6.07, 6.45) is 0. The summed E-state index contributed by atoms with van der Waals surface area (Å²) in [5.74, 6) is 0. The molecule has 0 spiro atoms. The third kappa shape index (κ3) is 3.26.